The van der Waals surface area contributed by atoms with Crippen molar-refractivity contribution in [3.8, 4) is 0 Å². The Morgan fingerprint density at radius 1 is 1.50 bits per heavy atom. The summed E-state index contributed by atoms with van der Waals surface area (Å²) in [5, 5.41) is 0. The van der Waals surface area contributed by atoms with Crippen molar-refractivity contribution in [1.29, 1.82) is 0 Å². The molecule has 0 atom stereocenters. The molecule has 0 aliphatic rings. The van der Waals surface area contributed by atoms with Gasteiger partial charge in [0.15, 0.2) is 7.37 Å². The van der Waals surface area contributed by atoms with Crippen LogP contribution in [0.5, 0.6) is 0 Å². The molecular formula is C2H10NO2P. The standard InChI is InChI=1S/C2H7O2P.H3N/c1-5(2,3)4;/h1-2H3,(H,3,4);1H3. The Kier molecular flexibility index (Phi) is 3.70. The third-order valence-corrected chi connectivity index (χ3v) is 0. The summed E-state index contributed by atoms with van der Waals surface area (Å²) in [6.07, 6.45) is 0. The molecule has 40 valence electrons. The van der Waals surface area contributed by atoms with Gasteiger partial charge in [0, 0.05) is 13.3 Å². The molecule has 6 heavy (non-hydrogen) atoms. The lowest BCUT2D eigenvalue weighted by molar-refractivity contribution is 0.492. The smallest absolute Gasteiger partial charge is 0.194 e. The van der Waals surface area contributed by atoms with E-state index in [1.165, 1.54) is 13.3 Å². The van der Waals surface area contributed by atoms with Crippen LogP contribution >= 0.6 is 7.37 Å². The topological polar surface area (TPSA) is 72.3 Å². The third kappa shape index (κ3) is 1830. The lowest BCUT2D eigenvalue weighted by Gasteiger charge is -1.86. The van der Waals surface area contributed by atoms with Crippen LogP contribution in [0.1, 0.15) is 0 Å². The van der Waals surface area contributed by atoms with E-state index < -0.39 is 7.37 Å². The van der Waals surface area contributed by atoms with Crippen LogP contribution in [0.3, 0.4) is 0 Å². The minimum Gasteiger partial charge on any atom is -0.345 e. The summed E-state index contributed by atoms with van der Waals surface area (Å²) in [7, 11) is -2.64. The van der Waals surface area contributed by atoms with Gasteiger partial charge in [0.1, 0.15) is 0 Å². The van der Waals surface area contributed by atoms with E-state index in [9.17, 15) is 4.57 Å². The highest BCUT2D eigenvalue weighted by Gasteiger charge is 1.92. The van der Waals surface area contributed by atoms with Gasteiger partial charge in [-0.15, -0.1) is 0 Å². The highest BCUT2D eigenvalue weighted by Crippen LogP contribution is 2.27. The third-order valence-electron chi connectivity index (χ3n) is 0. The van der Waals surface area contributed by atoms with Crippen LogP contribution in [-0.4, -0.2) is 18.2 Å². The van der Waals surface area contributed by atoms with Crippen LogP contribution in [0.4, 0.5) is 0 Å². The molecule has 0 aliphatic carbocycles. The molecular weight excluding hydrogens is 101 g/mol. The average Bonchev–Trinajstić information content (AvgIpc) is 0.722. The Hall–Kier alpha value is 0.150. The van der Waals surface area contributed by atoms with E-state index in [0.29, 0.717) is 0 Å². The summed E-state index contributed by atoms with van der Waals surface area (Å²) >= 11 is 0. The highest BCUT2D eigenvalue weighted by molar-refractivity contribution is 7.56. The first-order valence-electron chi connectivity index (χ1n) is 1.28. The van der Waals surface area contributed by atoms with Crippen molar-refractivity contribution in [2.45, 2.75) is 0 Å². The Balaban J connectivity index is 0. The molecule has 0 saturated carbocycles. The first kappa shape index (κ1) is 9.47. The van der Waals surface area contributed by atoms with Crippen molar-refractivity contribution in [2.24, 2.45) is 0 Å². The molecule has 0 aromatic rings. The van der Waals surface area contributed by atoms with E-state index in [1.54, 1.807) is 0 Å². The Morgan fingerprint density at radius 2 is 1.50 bits per heavy atom. The Labute approximate surface area is 37.4 Å². The first-order chi connectivity index (χ1) is 2.00. The molecule has 0 heterocycles. The van der Waals surface area contributed by atoms with Gasteiger partial charge < -0.3 is 11.0 Å². The summed E-state index contributed by atoms with van der Waals surface area (Å²) in [5.41, 5.74) is 0. The second-order valence-corrected chi connectivity index (χ2v) is 3.88. The molecule has 0 amide bonds. The van der Waals surface area contributed by atoms with Crippen molar-refractivity contribution >= 4 is 7.37 Å². The van der Waals surface area contributed by atoms with Crippen molar-refractivity contribution in [1.82, 2.24) is 6.15 Å². The van der Waals surface area contributed by atoms with Crippen molar-refractivity contribution in [3.05, 3.63) is 0 Å². The number of hydrogen-bond donors (Lipinski definition) is 2. The van der Waals surface area contributed by atoms with E-state index in [-0.39, 0.29) is 6.15 Å². The molecule has 0 fully saturated rings. The van der Waals surface area contributed by atoms with Gasteiger partial charge in [-0.25, -0.2) is 0 Å². The molecule has 0 aliphatic heterocycles. The summed E-state index contributed by atoms with van der Waals surface area (Å²) in [6.45, 7) is 2.60. The van der Waals surface area contributed by atoms with Gasteiger partial charge in [-0.05, 0) is 0 Å². The zero-order valence-corrected chi connectivity index (χ0v) is 4.90. The van der Waals surface area contributed by atoms with E-state index in [4.69, 9.17) is 4.89 Å². The SMILES string of the molecule is CP(C)(=O)O.N. The van der Waals surface area contributed by atoms with Gasteiger partial charge in [-0.1, -0.05) is 0 Å². The lowest BCUT2D eigenvalue weighted by Crippen LogP contribution is -1.62. The minimum absolute atomic E-state index is 0. The molecule has 0 spiro atoms. The second-order valence-electron chi connectivity index (χ2n) is 1.29. The zero-order valence-electron chi connectivity index (χ0n) is 4.01. The van der Waals surface area contributed by atoms with Crippen LogP contribution in [0.15, 0.2) is 0 Å². The van der Waals surface area contributed by atoms with E-state index in [2.05, 4.69) is 0 Å². The van der Waals surface area contributed by atoms with Crippen molar-refractivity contribution in [3.63, 3.8) is 0 Å². The second kappa shape index (κ2) is 2.35. The Bertz CT molecular complexity index is 57.7. The summed E-state index contributed by atoms with van der Waals surface area (Å²) < 4.78 is 9.77. The van der Waals surface area contributed by atoms with E-state index in [0.717, 1.165) is 0 Å². The molecule has 0 bridgehead atoms. The summed E-state index contributed by atoms with van der Waals surface area (Å²) in [5.74, 6) is 0. The minimum atomic E-state index is -2.64. The molecule has 0 radical (unpaired) electrons. The number of rotatable bonds is 0. The van der Waals surface area contributed by atoms with Crippen LogP contribution in [0.25, 0.3) is 0 Å². The normalized spacial score (nSPS) is 9.83. The fourth-order valence-electron chi connectivity index (χ4n) is 0. The largest absolute Gasteiger partial charge is 0.345 e. The van der Waals surface area contributed by atoms with Crippen LogP contribution in [-0.2, 0) is 4.57 Å². The van der Waals surface area contributed by atoms with Crippen molar-refractivity contribution in [2.75, 3.05) is 13.3 Å². The predicted octanol–water partition coefficient (Wildman–Crippen LogP) is 0.678. The van der Waals surface area contributed by atoms with Gasteiger partial charge in [-0.2, -0.15) is 0 Å². The van der Waals surface area contributed by atoms with Crippen molar-refractivity contribution < 1.29 is 9.46 Å². The van der Waals surface area contributed by atoms with Gasteiger partial charge in [0.25, 0.3) is 0 Å². The predicted molar refractivity (Wildman–Crippen MR) is 26.7 cm³/mol. The fraction of sp³-hybridized carbons (Fsp3) is 1.00. The summed E-state index contributed by atoms with van der Waals surface area (Å²) in [4.78, 5) is 8.08. The maximum absolute atomic E-state index is 9.77. The lowest BCUT2D eigenvalue weighted by atomic mass is 11.9. The molecule has 0 aromatic heterocycles. The van der Waals surface area contributed by atoms with Gasteiger partial charge in [-0.3, -0.25) is 4.57 Å². The van der Waals surface area contributed by atoms with E-state index in [1.807, 2.05) is 0 Å². The summed E-state index contributed by atoms with van der Waals surface area (Å²) in [6, 6.07) is 0. The Morgan fingerprint density at radius 3 is 1.50 bits per heavy atom. The van der Waals surface area contributed by atoms with Crippen LogP contribution in [0.2, 0.25) is 0 Å². The molecule has 3 nitrogen and oxygen atoms in total. The molecule has 0 rings (SSSR count). The fourth-order valence-corrected chi connectivity index (χ4v) is 0. The maximum atomic E-state index is 9.77. The monoisotopic (exact) mass is 111 g/mol. The average molecular weight is 111 g/mol. The quantitative estimate of drug-likeness (QED) is 0.451. The maximum Gasteiger partial charge on any atom is 0.194 e. The first-order valence-corrected chi connectivity index (χ1v) is 3.83. The molecule has 4 N–H and O–H groups in total. The highest BCUT2D eigenvalue weighted by atomic mass is 31.2. The van der Waals surface area contributed by atoms with Gasteiger partial charge >= 0.3 is 0 Å². The molecule has 0 aromatic carbocycles. The van der Waals surface area contributed by atoms with E-state index >= 15 is 0 Å². The van der Waals surface area contributed by atoms with Crippen LogP contribution in [0, 0.1) is 0 Å². The zero-order chi connectivity index (χ0) is 4.50. The van der Waals surface area contributed by atoms with Crippen LogP contribution < -0.4 is 6.15 Å². The molecule has 0 unspecified atom stereocenters. The molecule has 0 saturated heterocycles. The number of hydrogen-bond acceptors (Lipinski definition) is 2. The molecule has 4 heteroatoms. The van der Waals surface area contributed by atoms with Gasteiger partial charge in [0.05, 0.1) is 0 Å². The van der Waals surface area contributed by atoms with Gasteiger partial charge in [0.2, 0.25) is 0 Å².